The number of aromatic amines is 1. The fourth-order valence-corrected chi connectivity index (χ4v) is 3.13. The van der Waals surface area contributed by atoms with Gasteiger partial charge in [0.1, 0.15) is 0 Å². The van der Waals surface area contributed by atoms with E-state index in [1.54, 1.807) is 0 Å². The van der Waals surface area contributed by atoms with Crippen LogP contribution in [-0.4, -0.2) is 29.0 Å². The summed E-state index contributed by atoms with van der Waals surface area (Å²) < 4.78 is 0. The normalized spacial score (nSPS) is 25.0. The van der Waals surface area contributed by atoms with Gasteiger partial charge in [-0.05, 0) is 63.5 Å². The third kappa shape index (κ3) is 1.79. The van der Waals surface area contributed by atoms with Gasteiger partial charge in [0.15, 0.2) is 0 Å². The lowest BCUT2D eigenvalue weighted by Gasteiger charge is -2.32. The molecule has 0 bridgehead atoms. The molecule has 3 heteroatoms. The van der Waals surface area contributed by atoms with Crippen molar-refractivity contribution in [3.05, 3.63) is 30.0 Å². The molecular formula is C15H21N3. The lowest BCUT2D eigenvalue weighted by atomic mass is 9.90. The SMILES string of the molecule is CN1CCC[C@]1(C)Cc1c[nH]c2ccc(N)cc12. The van der Waals surface area contributed by atoms with Crippen LogP contribution in [0.15, 0.2) is 24.4 Å². The van der Waals surface area contributed by atoms with Gasteiger partial charge in [-0.1, -0.05) is 0 Å². The molecule has 0 unspecified atom stereocenters. The Bertz CT molecular complexity index is 572. The molecule has 0 saturated carbocycles. The molecule has 2 heterocycles. The maximum atomic E-state index is 5.90. The first-order valence-electron chi connectivity index (χ1n) is 6.65. The molecule has 1 aromatic heterocycles. The highest BCUT2D eigenvalue weighted by atomic mass is 15.2. The summed E-state index contributed by atoms with van der Waals surface area (Å²) in [6, 6.07) is 6.10. The number of hydrogen-bond donors (Lipinski definition) is 2. The quantitative estimate of drug-likeness (QED) is 0.797. The van der Waals surface area contributed by atoms with E-state index in [-0.39, 0.29) is 0 Å². The molecule has 0 spiro atoms. The largest absolute Gasteiger partial charge is 0.399 e. The average Bonchev–Trinajstić information content (AvgIpc) is 2.86. The molecule has 3 nitrogen and oxygen atoms in total. The number of nitrogens with one attached hydrogen (secondary N) is 1. The van der Waals surface area contributed by atoms with Crippen molar-refractivity contribution in [2.24, 2.45) is 0 Å². The second kappa shape index (κ2) is 4.02. The summed E-state index contributed by atoms with van der Waals surface area (Å²) in [6.07, 6.45) is 5.81. The van der Waals surface area contributed by atoms with Gasteiger partial charge in [-0.15, -0.1) is 0 Å². The molecule has 1 saturated heterocycles. The molecule has 0 aliphatic carbocycles. The smallest absolute Gasteiger partial charge is 0.0458 e. The molecule has 18 heavy (non-hydrogen) atoms. The maximum absolute atomic E-state index is 5.90. The van der Waals surface area contributed by atoms with E-state index in [9.17, 15) is 0 Å². The van der Waals surface area contributed by atoms with Crippen LogP contribution < -0.4 is 5.73 Å². The Morgan fingerprint density at radius 2 is 2.28 bits per heavy atom. The number of benzene rings is 1. The standard InChI is InChI=1S/C15H21N3/c1-15(6-3-7-18(15)2)9-11-10-17-14-5-4-12(16)8-13(11)14/h4-5,8,10,17H,3,6-7,9,16H2,1-2H3/t15-/m1/s1. The number of hydrogen-bond acceptors (Lipinski definition) is 2. The van der Waals surface area contributed by atoms with Gasteiger partial charge < -0.3 is 15.6 Å². The second-order valence-electron chi connectivity index (χ2n) is 5.82. The van der Waals surface area contributed by atoms with E-state index in [1.807, 2.05) is 6.07 Å². The first kappa shape index (κ1) is 11.6. The van der Waals surface area contributed by atoms with Crippen LogP contribution in [0.1, 0.15) is 25.3 Å². The molecule has 1 atom stereocenters. The summed E-state index contributed by atoms with van der Waals surface area (Å²) in [5.41, 5.74) is 9.60. The summed E-state index contributed by atoms with van der Waals surface area (Å²) in [6.45, 7) is 3.58. The fraction of sp³-hybridized carbons (Fsp3) is 0.467. The number of likely N-dealkylation sites (tertiary alicyclic amines) is 1. The zero-order valence-corrected chi connectivity index (χ0v) is 11.2. The second-order valence-corrected chi connectivity index (χ2v) is 5.82. The highest BCUT2D eigenvalue weighted by molar-refractivity contribution is 5.86. The number of H-pyrrole nitrogens is 1. The van der Waals surface area contributed by atoms with Crippen LogP contribution in [0, 0.1) is 0 Å². The van der Waals surface area contributed by atoms with E-state index < -0.39 is 0 Å². The monoisotopic (exact) mass is 243 g/mol. The molecule has 1 aromatic carbocycles. The van der Waals surface area contributed by atoms with Crippen LogP contribution in [0.5, 0.6) is 0 Å². The molecule has 3 N–H and O–H groups in total. The Morgan fingerprint density at radius 3 is 3.00 bits per heavy atom. The van der Waals surface area contributed by atoms with Gasteiger partial charge in [-0.2, -0.15) is 0 Å². The fourth-order valence-electron chi connectivity index (χ4n) is 3.13. The average molecular weight is 243 g/mol. The predicted octanol–water partition coefficient (Wildman–Crippen LogP) is 2.78. The number of rotatable bonds is 2. The summed E-state index contributed by atoms with van der Waals surface area (Å²) in [5, 5.41) is 1.27. The van der Waals surface area contributed by atoms with E-state index in [1.165, 1.54) is 35.9 Å². The summed E-state index contributed by atoms with van der Waals surface area (Å²) >= 11 is 0. The number of aromatic nitrogens is 1. The molecule has 1 fully saturated rings. The molecule has 96 valence electrons. The minimum Gasteiger partial charge on any atom is -0.399 e. The van der Waals surface area contributed by atoms with Crippen LogP contribution in [0.2, 0.25) is 0 Å². The minimum atomic E-state index is 0.291. The Hall–Kier alpha value is -1.48. The molecule has 1 aliphatic rings. The lowest BCUT2D eigenvalue weighted by Crippen LogP contribution is -2.40. The molecule has 0 amide bonds. The van der Waals surface area contributed by atoms with Crippen LogP contribution in [0.25, 0.3) is 10.9 Å². The molecular weight excluding hydrogens is 222 g/mol. The lowest BCUT2D eigenvalue weighted by molar-refractivity contribution is 0.195. The van der Waals surface area contributed by atoms with Crippen LogP contribution in [0.4, 0.5) is 5.69 Å². The van der Waals surface area contributed by atoms with Crippen molar-refractivity contribution in [1.82, 2.24) is 9.88 Å². The van der Waals surface area contributed by atoms with E-state index >= 15 is 0 Å². The Balaban J connectivity index is 1.97. The highest BCUT2D eigenvalue weighted by Crippen LogP contribution is 2.33. The van der Waals surface area contributed by atoms with E-state index in [2.05, 4.69) is 42.2 Å². The van der Waals surface area contributed by atoms with Crippen molar-refractivity contribution in [2.45, 2.75) is 31.7 Å². The summed E-state index contributed by atoms with van der Waals surface area (Å²) in [5.74, 6) is 0. The van der Waals surface area contributed by atoms with Crippen LogP contribution >= 0.6 is 0 Å². The van der Waals surface area contributed by atoms with Crippen LogP contribution in [0.3, 0.4) is 0 Å². The van der Waals surface area contributed by atoms with Crippen molar-refractivity contribution < 1.29 is 0 Å². The topological polar surface area (TPSA) is 45.0 Å². The van der Waals surface area contributed by atoms with E-state index in [0.717, 1.165) is 12.1 Å². The zero-order valence-electron chi connectivity index (χ0n) is 11.2. The Labute approximate surface area is 108 Å². The van der Waals surface area contributed by atoms with Gasteiger partial charge in [0.05, 0.1) is 0 Å². The predicted molar refractivity (Wildman–Crippen MR) is 76.7 cm³/mol. The van der Waals surface area contributed by atoms with Crippen molar-refractivity contribution in [1.29, 1.82) is 0 Å². The van der Waals surface area contributed by atoms with Gasteiger partial charge in [-0.3, -0.25) is 0 Å². The highest BCUT2D eigenvalue weighted by Gasteiger charge is 2.34. The van der Waals surface area contributed by atoms with Crippen molar-refractivity contribution in [3.8, 4) is 0 Å². The summed E-state index contributed by atoms with van der Waals surface area (Å²) in [4.78, 5) is 5.83. The first-order chi connectivity index (χ1) is 8.58. The maximum Gasteiger partial charge on any atom is 0.0458 e. The minimum absolute atomic E-state index is 0.291. The summed E-state index contributed by atoms with van der Waals surface area (Å²) in [7, 11) is 2.23. The van der Waals surface area contributed by atoms with Gasteiger partial charge in [0.2, 0.25) is 0 Å². The van der Waals surface area contributed by atoms with E-state index in [0.29, 0.717) is 5.54 Å². The molecule has 2 aromatic rings. The first-order valence-corrected chi connectivity index (χ1v) is 6.65. The number of nitrogen functional groups attached to an aromatic ring is 1. The number of nitrogens with two attached hydrogens (primary N) is 1. The number of nitrogens with zero attached hydrogens (tertiary/aromatic N) is 1. The Morgan fingerprint density at radius 1 is 1.44 bits per heavy atom. The third-order valence-corrected chi connectivity index (χ3v) is 4.49. The zero-order chi connectivity index (χ0) is 12.8. The van der Waals surface area contributed by atoms with Gasteiger partial charge in [0, 0.05) is 28.3 Å². The van der Waals surface area contributed by atoms with Crippen molar-refractivity contribution >= 4 is 16.6 Å². The number of fused-ring (bicyclic) bond motifs is 1. The number of likely N-dealkylation sites (N-methyl/N-ethyl adjacent to an activating group) is 1. The molecule has 3 rings (SSSR count). The Kier molecular flexibility index (Phi) is 2.59. The van der Waals surface area contributed by atoms with Gasteiger partial charge in [-0.25, -0.2) is 0 Å². The van der Waals surface area contributed by atoms with Gasteiger partial charge in [0.25, 0.3) is 0 Å². The van der Waals surface area contributed by atoms with Crippen LogP contribution in [-0.2, 0) is 6.42 Å². The van der Waals surface area contributed by atoms with Crippen molar-refractivity contribution in [3.63, 3.8) is 0 Å². The van der Waals surface area contributed by atoms with Gasteiger partial charge >= 0.3 is 0 Å². The van der Waals surface area contributed by atoms with E-state index in [4.69, 9.17) is 5.73 Å². The van der Waals surface area contributed by atoms with Crippen molar-refractivity contribution in [2.75, 3.05) is 19.3 Å². The number of anilines is 1. The molecule has 0 radical (unpaired) electrons. The third-order valence-electron chi connectivity index (χ3n) is 4.49. The molecule has 1 aliphatic heterocycles.